The lowest BCUT2D eigenvalue weighted by Crippen LogP contribution is -2.18. The topological polar surface area (TPSA) is 52.5 Å². The minimum Gasteiger partial charge on any atom is -0.504 e. The van der Waals surface area contributed by atoms with Gasteiger partial charge in [-0.1, -0.05) is 36.5 Å². The molecule has 0 aliphatic heterocycles. The second-order valence-electron chi connectivity index (χ2n) is 4.43. The lowest BCUT2D eigenvalue weighted by molar-refractivity contribution is 0.403. The van der Waals surface area contributed by atoms with Crippen LogP contribution in [0.4, 0.5) is 4.39 Å². The van der Waals surface area contributed by atoms with E-state index in [4.69, 9.17) is 12.2 Å². The number of benzene rings is 2. The van der Waals surface area contributed by atoms with Crippen molar-refractivity contribution in [1.82, 2.24) is 5.32 Å². The first-order chi connectivity index (χ1) is 10.0. The molecule has 3 nitrogen and oxygen atoms in total. The highest BCUT2D eigenvalue weighted by Crippen LogP contribution is 2.25. The van der Waals surface area contributed by atoms with Gasteiger partial charge >= 0.3 is 0 Å². The molecule has 0 saturated heterocycles. The van der Waals surface area contributed by atoms with Crippen LogP contribution in [0.2, 0.25) is 0 Å². The van der Waals surface area contributed by atoms with Crippen LogP contribution >= 0.6 is 12.2 Å². The Morgan fingerprint density at radius 2 is 1.81 bits per heavy atom. The maximum Gasteiger partial charge on any atom is 0.157 e. The van der Waals surface area contributed by atoms with E-state index in [1.54, 1.807) is 30.4 Å². The molecule has 2 rings (SSSR count). The van der Waals surface area contributed by atoms with Gasteiger partial charge < -0.3 is 15.5 Å². The molecule has 0 atom stereocenters. The van der Waals surface area contributed by atoms with Crippen LogP contribution in [0.3, 0.4) is 0 Å². The van der Waals surface area contributed by atoms with E-state index in [2.05, 4.69) is 5.32 Å². The van der Waals surface area contributed by atoms with Crippen molar-refractivity contribution in [2.45, 2.75) is 6.54 Å². The summed E-state index contributed by atoms with van der Waals surface area (Å²) in [5.74, 6) is -0.611. The molecule has 2 aromatic rings. The molecule has 0 bridgehead atoms. The first-order valence-electron chi connectivity index (χ1n) is 6.27. The molecule has 0 amide bonds. The van der Waals surface area contributed by atoms with Crippen molar-refractivity contribution < 1.29 is 14.6 Å². The van der Waals surface area contributed by atoms with Crippen molar-refractivity contribution in [3.8, 4) is 11.5 Å². The Balaban J connectivity index is 1.90. The van der Waals surface area contributed by atoms with Crippen LogP contribution < -0.4 is 5.32 Å². The zero-order valence-corrected chi connectivity index (χ0v) is 11.9. The summed E-state index contributed by atoms with van der Waals surface area (Å²) in [5.41, 5.74) is 1.64. The predicted octanol–water partition coefficient (Wildman–Crippen LogP) is 3.37. The van der Waals surface area contributed by atoms with Crippen molar-refractivity contribution in [2.75, 3.05) is 0 Å². The molecule has 21 heavy (non-hydrogen) atoms. The summed E-state index contributed by atoms with van der Waals surface area (Å²) in [5, 5.41) is 21.6. The van der Waals surface area contributed by atoms with Crippen molar-refractivity contribution in [3.05, 3.63) is 65.5 Å². The maximum absolute atomic E-state index is 12.8. The molecular formula is C16H14FNO2S. The van der Waals surface area contributed by atoms with Gasteiger partial charge in [0.25, 0.3) is 0 Å². The summed E-state index contributed by atoms with van der Waals surface area (Å²) in [6.07, 6.45) is 3.41. The molecular weight excluding hydrogens is 289 g/mol. The van der Waals surface area contributed by atoms with Gasteiger partial charge in [-0.2, -0.15) is 0 Å². The molecule has 5 heteroatoms. The summed E-state index contributed by atoms with van der Waals surface area (Å²) >= 11 is 5.15. The maximum atomic E-state index is 12.8. The van der Waals surface area contributed by atoms with E-state index < -0.39 is 0 Å². The fourth-order valence-corrected chi connectivity index (χ4v) is 1.81. The number of hydrogen-bond acceptors (Lipinski definition) is 3. The molecule has 0 spiro atoms. The zero-order valence-electron chi connectivity index (χ0n) is 11.1. The summed E-state index contributed by atoms with van der Waals surface area (Å²) in [6, 6.07) is 10.7. The summed E-state index contributed by atoms with van der Waals surface area (Å²) in [6.45, 7) is 0.504. The van der Waals surface area contributed by atoms with Gasteiger partial charge in [-0.25, -0.2) is 4.39 Å². The van der Waals surface area contributed by atoms with Crippen molar-refractivity contribution in [3.63, 3.8) is 0 Å². The summed E-state index contributed by atoms with van der Waals surface area (Å²) < 4.78 is 12.8. The molecule has 3 N–H and O–H groups in total. The first-order valence-corrected chi connectivity index (χ1v) is 6.68. The van der Waals surface area contributed by atoms with Gasteiger partial charge in [-0.3, -0.25) is 0 Å². The number of nitrogens with one attached hydrogen (secondary N) is 1. The highest BCUT2D eigenvalue weighted by molar-refractivity contribution is 7.80. The Morgan fingerprint density at radius 3 is 2.48 bits per heavy atom. The van der Waals surface area contributed by atoms with Gasteiger partial charge in [-0.15, -0.1) is 0 Å². The van der Waals surface area contributed by atoms with Crippen LogP contribution in [0.1, 0.15) is 11.1 Å². The fourth-order valence-electron chi connectivity index (χ4n) is 1.67. The third-order valence-corrected chi connectivity index (χ3v) is 3.09. The second-order valence-corrected chi connectivity index (χ2v) is 4.87. The average Bonchev–Trinajstić information content (AvgIpc) is 2.48. The Hall–Kier alpha value is -2.40. The van der Waals surface area contributed by atoms with E-state index in [9.17, 15) is 14.6 Å². The molecule has 0 heterocycles. The van der Waals surface area contributed by atoms with Gasteiger partial charge in [0, 0.05) is 6.54 Å². The van der Waals surface area contributed by atoms with Crippen molar-refractivity contribution >= 4 is 23.3 Å². The van der Waals surface area contributed by atoms with E-state index in [-0.39, 0.29) is 17.3 Å². The second kappa shape index (κ2) is 6.85. The minimum absolute atomic E-state index is 0.163. The third kappa shape index (κ3) is 4.57. The van der Waals surface area contributed by atoms with Crippen LogP contribution in [0.15, 0.2) is 48.5 Å². The minimum atomic E-state index is -0.270. The molecule has 0 aliphatic carbocycles. The van der Waals surface area contributed by atoms with Gasteiger partial charge in [-0.05, 0) is 41.5 Å². The zero-order chi connectivity index (χ0) is 15.2. The predicted molar refractivity (Wildman–Crippen MR) is 84.6 cm³/mol. The lowest BCUT2D eigenvalue weighted by atomic mass is 10.2. The van der Waals surface area contributed by atoms with Gasteiger partial charge in [0.2, 0.25) is 0 Å². The molecule has 0 aliphatic rings. The van der Waals surface area contributed by atoms with Crippen LogP contribution in [0.25, 0.3) is 6.08 Å². The Bertz CT molecular complexity index is 668. The van der Waals surface area contributed by atoms with Crippen LogP contribution in [-0.4, -0.2) is 15.2 Å². The van der Waals surface area contributed by atoms with E-state index in [1.807, 2.05) is 0 Å². The van der Waals surface area contributed by atoms with Crippen molar-refractivity contribution in [2.24, 2.45) is 0 Å². The monoisotopic (exact) mass is 303 g/mol. The molecule has 0 saturated carbocycles. The standard InChI is InChI=1S/C16H14FNO2S/c17-13-5-1-12(2-6-13)10-18-16(21)8-4-11-3-7-14(19)15(20)9-11/h1-9,19-20H,10H2,(H,18,21)/b8-4+. The molecule has 0 aromatic heterocycles. The van der Waals surface area contributed by atoms with Crippen LogP contribution in [-0.2, 0) is 6.54 Å². The number of phenolic OH excluding ortho intramolecular Hbond substituents is 2. The first kappa shape index (κ1) is 15.0. The smallest absolute Gasteiger partial charge is 0.157 e. The number of rotatable bonds is 4. The largest absolute Gasteiger partial charge is 0.504 e. The number of hydrogen-bond donors (Lipinski definition) is 3. The molecule has 0 fully saturated rings. The SMILES string of the molecule is Oc1ccc(/C=C/C(=S)NCc2ccc(F)cc2)cc1O. The summed E-state index contributed by atoms with van der Waals surface area (Å²) in [4.78, 5) is 0.520. The average molecular weight is 303 g/mol. The number of thiocarbonyl (C=S) groups is 1. The Kier molecular flexibility index (Phi) is 4.90. The molecule has 0 unspecified atom stereocenters. The van der Waals surface area contributed by atoms with E-state index in [1.165, 1.54) is 24.3 Å². The molecule has 2 aromatic carbocycles. The number of halogens is 1. The van der Waals surface area contributed by atoms with Gasteiger partial charge in [0.05, 0.1) is 4.99 Å². The summed E-state index contributed by atoms with van der Waals surface area (Å²) in [7, 11) is 0. The normalized spacial score (nSPS) is 10.7. The van der Waals surface area contributed by atoms with E-state index in [0.29, 0.717) is 11.5 Å². The highest BCUT2D eigenvalue weighted by Gasteiger charge is 1.99. The molecule has 108 valence electrons. The van der Waals surface area contributed by atoms with Crippen LogP contribution in [0.5, 0.6) is 11.5 Å². The van der Waals surface area contributed by atoms with Crippen molar-refractivity contribution in [1.29, 1.82) is 0 Å². The van der Waals surface area contributed by atoms with E-state index in [0.717, 1.165) is 11.1 Å². The van der Waals surface area contributed by atoms with Gasteiger partial charge in [0.15, 0.2) is 11.5 Å². The number of aromatic hydroxyl groups is 2. The Labute approximate surface area is 127 Å². The van der Waals surface area contributed by atoms with Crippen LogP contribution in [0, 0.1) is 5.82 Å². The third-order valence-electron chi connectivity index (χ3n) is 2.81. The van der Waals surface area contributed by atoms with Gasteiger partial charge in [0.1, 0.15) is 5.82 Å². The fraction of sp³-hybridized carbons (Fsp3) is 0.0625. The highest BCUT2D eigenvalue weighted by atomic mass is 32.1. The van der Waals surface area contributed by atoms with E-state index >= 15 is 0 Å². The number of phenols is 2. The lowest BCUT2D eigenvalue weighted by Gasteiger charge is -2.04. The molecule has 0 radical (unpaired) electrons. The quantitative estimate of drug-likeness (QED) is 0.460. The Morgan fingerprint density at radius 1 is 1.10 bits per heavy atom.